The summed E-state index contributed by atoms with van der Waals surface area (Å²) in [7, 11) is 0. The van der Waals surface area contributed by atoms with Crippen molar-refractivity contribution in [1.29, 1.82) is 0 Å². The average Bonchev–Trinajstić information content (AvgIpc) is 2.60. The minimum Gasteiger partial charge on any atom is -0.339 e. The van der Waals surface area contributed by atoms with E-state index in [1.807, 2.05) is 12.1 Å². The highest BCUT2D eigenvalue weighted by atomic mass is 35.5. The summed E-state index contributed by atoms with van der Waals surface area (Å²) in [5.74, 6) is 0.0171. The second-order valence-corrected chi connectivity index (χ2v) is 6.31. The summed E-state index contributed by atoms with van der Waals surface area (Å²) in [4.78, 5) is 38.6. The van der Waals surface area contributed by atoms with Crippen molar-refractivity contribution < 1.29 is 14.4 Å². The van der Waals surface area contributed by atoms with Gasteiger partial charge < -0.3 is 20.4 Å². The summed E-state index contributed by atoms with van der Waals surface area (Å²) in [6, 6.07) is 6.92. The van der Waals surface area contributed by atoms with E-state index in [0.717, 1.165) is 5.56 Å². The second kappa shape index (κ2) is 9.27. The van der Waals surface area contributed by atoms with Crippen molar-refractivity contribution in [2.45, 2.75) is 19.9 Å². The van der Waals surface area contributed by atoms with Crippen LogP contribution in [0.2, 0.25) is 5.02 Å². The monoisotopic (exact) mass is 366 g/mol. The highest BCUT2D eigenvalue weighted by molar-refractivity contribution is 6.30. The molecule has 1 fully saturated rings. The zero-order valence-electron chi connectivity index (χ0n) is 14.3. The number of urea groups is 1. The Morgan fingerprint density at radius 2 is 1.76 bits per heavy atom. The number of hydrogen-bond acceptors (Lipinski definition) is 3. The third-order valence-electron chi connectivity index (χ3n) is 4.04. The summed E-state index contributed by atoms with van der Waals surface area (Å²) < 4.78 is 0. The SMILES string of the molecule is CC(=O)N1CCN(C(=O)CCNC(=O)NCc2cccc(Cl)c2)CC1. The van der Waals surface area contributed by atoms with Crippen LogP contribution in [0, 0.1) is 0 Å². The summed E-state index contributed by atoms with van der Waals surface area (Å²) in [6.45, 7) is 4.38. The van der Waals surface area contributed by atoms with Gasteiger partial charge in [0.25, 0.3) is 0 Å². The highest BCUT2D eigenvalue weighted by Crippen LogP contribution is 2.10. The van der Waals surface area contributed by atoms with Crippen molar-refractivity contribution in [2.24, 2.45) is 0 Å². The predicted molar refractivity (Wildman–Crippen MR) is 95.1 cm³/mol. The molecule has 0 unspecified atom stereocenters. The number of nitrogens with zero attached hydrogens (tertiary/aromatic N) is 2. The number of nitrogens with one attached hydrogen (secondary N) is 2. The van der Waals surface area contributed by atoms with Gasteiger partial charge in [-0.1, -0.05) is 23.7 Å². The van der Waals surface area contributed by atoms with E-state index in [1.54, 1.807) is 21.9 Å². The van der Waals surface area contributed by atoms with Gasteiger partial charge in [-0.05, 0) is 17.7 Å². The third kappa shape index (κ3) is 6.26. The summed E-state index contributed by atoms with van der Waals surface area (Å²) in [5, 5.41) is 6.01. The first-order valence-corrected chi connectivity index (χ1v) is 8.63. The van der Waals surface area contributed by atoms with E-state index >= 15 is 0 Å². The lowest BCUT2D eigenvalue weighted by Gasteiger charge is -2.34. The van der Waals surface area contributed by atoms with Gasteiger partial charge in [0.2, 0.25) is 11.8 Å². The van der Waals surface area contributed by atoms with Crippen LogP contribution >= 0.6 is 11.6 Å². The Morgan fingerprint density at radius 1 is 1.08 bits per heavy atom. The molecule has 136 valence electrons. The first kappa shape index (κ1) is 19.1. The number of benzene rings is 1. The van der Waals surface area contributed by atoms with Crippen LogP contribution in [0.1, 0.15) is 18.9 Å². The van der Waals surface area contributed by atoms with E-state index in [2.05, 4.69) is 10.6 Å². The Kier molecular flexibility index (Phi) is 7.06. The zero-order chi connectivity index (χ0) is 18.2. The van der Waals surface area contributed by atoms with Crippen molar-refractivity contribution in [3.05, 3.63) is 34.9 Å². The fourth-order valence-electron chi connectivity index (χ4n) is 2.60. The maximum atomic E-state index is 12.1. The predicted octanol–water partition coefficient (Wildman–Crippen LogP) is 1.22. The van der Waals surface area contributed by atoms with Crippen LogP contribution in [0.3, 0.4) is 0 Å². The minimum absolute atomic E-state index is 0.0154. The Bertz CT molecular complexity index is 630. The molecule has 2 rings (SSSR count). The first-order chi connectivity index (χ1) is 12.0. The van der Waals surface area contributed by atoms with Gasteiger partial charge in [0.15, 0.2) is 0 Å². The Labute approximate surface area is 152 Å². The summed E-state index contributed by atoms with van der Waals surface area (Å²) in [6.07, 6.45) is 0.241. The van der Waals surface area contributed by atoms with Gasteiger partial charge >= 0.3 is 6.03 Å². The van der Waals surface area contributed by atoms with E-state index in [-0.39, 0.29) is 30.8 Å². The molecule has 2 N–H and O–H groups in total. The molecule has 1 aliphatic heterocycles. The van der Waals surface area contributed by atoms with Gasteiger partial charge in [-0.2, -0.15) is 0 Å². The molecule has 1 aromatic carbocycles. The number of carbonyl (C=O) groups is 3. The fourth-order valence-corrected chi connectivity index (χ4v) is 2.82. The highest BCUT2D eigenvalue weighted by Gasteiger charge is 2.21. The lowest BCUT2D eigenvalue weighted by molar-refractivity contribution is -0.138. The molecule has 7 nitrogen and oxygen atoms in total. The standard InChI is InChI=1S/C17H23ClN4O3/c1-13(23)21-7-9-22(10-8-21)16(24)5-6-19-17(25)20-12-14-3-2-4-15(18)11-14/h2-4,11H,5-10,12H2,1H3,(H2,19,20,25). The molecule has 0 spiro atoms. The van der Waals surface area contributed by atoms with Crippen LogP contribution in [0.25, 0.3) is 0 Å². The van der Waals surface area contributed by atoms with E-state index in [1.165, 1.54) is 6.92 Å². The van der Waals surface area contributed by atoms with Gasteiger partial charge in [-0.3, -0.25) is 9.59 Å². The number of rotatable bonds is 5. The smallest absolute Gasteiger partial charge is 0.315 e. The molecule has 4 amide bonds. The van der Waals surface area contributed by atoms with Crippen LogP contribution in [0.15, 0.2) is 24.3 Å². The molecule has 0 radical (unpaired) electrons. The zero-order valence-corrected chi connectivity index (χ0v) is 15.0. The second-order valence-electron chi connectivity index (χ2n) is 5.88. The molecular formula is C17H23ClN4O3. The molecule has 1 aromatic rings. The third-order valence-corrected chi connectivity index (χ3v) is 4.28. The number of hydrogen-bond donors (Lipinski definition) is 2. The molecule has 1 heterocycles. The van der Waals surface area contributed by atoms with Crippen LogP contribution in [-0.2, 0) is 16.1 Å². The lowest BCUT2D eigenvalue weighted by Crippen LogP contribution is -2.50. The molecule has 25 heavy (non-hydrogen) atoms. The number of halogens is 1. The quantitative estimate of drug-likeness (QED) is 0.822. The summed E-state index contributed by atoms with van der Waals surface area (Å²) >= 11 is 5.89. The van der Waals surface area contributed by atoms with Crippen molar-refractivity contribution >= 4 is 29.4 Å². The molecule has 0 atom stereocenters. The largest absolute Gasteiger partial charge is 0.339 e. The lowest BCUT2D eigenvalue weighted by atomic mass is 10.2. The Balaban J connectivity index is 1.62. The van der Waals surface area contributed by atoms with Crippen molar-refractivity contribution in [3.8, 4) is 0 Å². The van der Waals surface area contributed by atoms with Crippen LogP contribution in [0.5, 0.6) is 0 Å². The maximum Gasteiger partial charge on any atom is 0.315 e. The molecule has 0 aliphatic carbocycles. The molecule has 1 aliphatic rings. The fraction of sp³-hybridized carbons (Fsp3) is 0.471. The van der Waals surface area contributed by atoms with E-state index < -0.39 is 0 Å². The number of amides is 4. The van der Waals surface area contributed by atoms with E-state index in [4.69, 9.17) is 11.6 Å². The van der Waals surface area contributed by atoms with Gasteiger partial charge in [-0.15, -0.1) is 0 Å². The van der Waals surface area contributed by atoms with E-state index in [9.17, 15) is 14.4 Å². The van der Waals surface area contributed by atoms with Crippen LogP contribution in [0.4, 0.5) is 4.79 Å². The van der Waals surface area contributed by atoms with Gasteiger partial charge in [0.1, 0.15) is 0 Å². The number of carbonyl (C=O) groups excluding carboxylic acids is 3. The maximum absolute atomic E-state index is 12.1. The van der Waals surface area contributed by atoms with Gasteiger partial charge in [0.05, 0.1) is 0 Å². The average molecular weight is 367 g/mol. The van der Waals surface area contributed by atoms with Gasteiger partial charge in [-0.25, -0.2) is 4.79 Å². The normalized spacial score (nSPS) is 14.2. The van der Waals surface area contributed by atoms with Gasteiger partial charge in [0, 0.05) is 57.6 Å². The molecule has 0 saturated carbocycles. The topological polar surface area (TPSA) is 81.8 Å². The van der Waals surface area contributed by atoms with Crippen molar-refractivity contribution in [1.82, 2.24) is 20.4 Å². The van der Waals surface area contributed by atoms with E-state index in [0.29, 0.717) is 37.7 Å². The molecule has 0 aromatic heterocycles. The first-order valence-electron chi connectivity index (χ1n) is 8.25. The Morgan fingerprint density at radius 3 is 2.40 bits per heavy atom. The molecule has 0 bridgehead atoms. The summed E-state index contributed by atoms with van der Waals surface area (Å²) in [5.41, 5.74) is 0.905. The van der Waals surface area contributed by atoms with Crippen LogP contribution < -0.4 is 10.6 Å². The van der Waals surface area contributed by atoms with Crippen LogP contribution in [-0.4, -0.2) is 60.4 Å². The molecular weight excluding hydrogens is 344 g/mol. The minimum atomic E-state index is -0.325. The van der Waals surface area contributed by atoms with Crippen molar-refractivity contribution in [3.63, 3.8) is 0 Å². The molecule has 1 saturated heterocycles. The number of piperazine rings is 1. The Hall–Kier alpha value is -2.28. The van der Waals surface area contributed by atoms with Crippen molar-refractivity contribution in [2.75, 3.05) is 32.7 Å². The molecule has 8 heteroatoms.